The molecule has 0 spiro atoms. The highest BCUT2D eigenvalue weighted by Crippen LogP contribution is 2.20. The van der Waals surface area contributed by atoms with E-state index in [2.05, 4.69) is 5.10 Å². The van der Waals surface area contributed by atoms with Crippen molar-refractivity contribution in [3.8, 4) is 0 Å². The van der Waals surface area contributed by atoms with Crippen LogP contribution in [0.15, 0.2) is 9.59 Å². The summed E-state index contributed by atoms with van der Waals surface area (Å²) in [6, 6.07) is -0.768. The van der Waals surface area contributed by atoms with Gasteiger partial charge in [0, 0.05) is 20.6 Å². The summed E-state index contributed by atoms with van der Waals surface area (Å²) in [5, 5.41) is 13.3. The van der Waals surface area contributed by atoms with Gasteiger partial charge in [-0.1, -0.05) is 12.8 Å². The molecule has 1 fully saturated rings. The lowest BCUT2D eigenvalue weighted by Crippen LogP contribution is -2.48. The Hall–Kier alpha value is -2.12. The van der Waals surface area contributed by atoms with E-state index < -0.39 is 23.3 Å². The van der Waals surface area contributed by atoms with E-state index in [0.717, 1.165) is 28.5 Å². The number of rotatable bonds is 2. The maximum atomic E-state index is 12.2. The highest BCUT2D eigenvalue weighted by atomic mass is 16.4. The van der Waals surface area contributed by atoms with Crippen molar-refractivity contribution in [2.45, 2.75) is 31.7 Å². The van der Waals surface area contributed by atoms with Gasteiger partial charge in [-0.3, -0.25) is 9.36 Å². The highest BCUT2D eigenvalue weighted by Gasteiger charge is 2.30. The number of aromatic nitrogens is 3. The molecule has 0 radical (unpaired) electrons. The third kappa shape index (κ3) is 2.45. The van der Waals surface area contributed by atoms with Crippen LogP contribution in [0, 0.1) is 0 Å². The van der Waals surface area contributed by atoms with Crippen LogP contribution in [0.4, 0.5) is 5.82 Å². The zero-order valence-corrected chi connectivity index (χ0v) is 11.6. The van der Waals surface area contributed by atoms with Crippen LogP contribution in [0.2, 0.25) is 0 Å². The zero-order chi connectivity index (χ0) is 14.9. The van der Waals surface area contributed by atoms with Gasteiger partial charge in [-0.25, -0.2) is 14.3 Å². The Morgan fingerprint density at radius 1 is 1.25 bits per heavy atom. The second-order valence-electron chi connectivity index (χ2n) is 4.99. The van der Waals surface area contributed by atoms with E-state index >= 15 is 0 Å². The first-order chi connectivity index (χ1) is 9.43. The normalized spacial score (nSPS) is 19.7. The van der Waals surface area contributed by atoms with E-state index in [4.69, 9.17) is 0 Å². The molecule has 1 unspecified atom stereocenters. The Morgan fingerprint density at radius 3 is 2.60 bits per heavy atom. The quantitative estimate of drug-likeness (QED) is 0.771. The summed E-state index contributed by atoms with van der Waals surface area (Å²) in [4.78, 5) is 36.7. The molecular weight excluding hydrogens is 264 g/mol. The second kappa shape index (κ2) is 5.48. The number of hydrogen-bond donors (Lipinski definition) is 1. The average Bonchev–Trinajstić information content (AvgIpc) is 2.66. The lowest BCUT2D eigenvalue weighted by atomic mass is 10.1. The molecule has 8 nitrogen and oxygen atoms in total. The minimum atomic E-state index is -0.968. The predicted octanol–water partition coefficient (Wildman–Crippen LogP) is -0.687. The minimum Gasteiger partial charge on any atom is -0.480 e. The van der Waals surface area contributed by atoms with Gasteiger partial charge in [0.1, 0.15) is 6.04 Å². The number of carboxylic acid groups (broad SMARTS) is 1. The molecule has 2 heterocycles. The van der Waals surface area contributed by atoms with Gasteiger partial charge in [0.2, 0.25) is 5.82 Å². The van der Waals surface area contributed by atoms with Gasteiger partial charge in [-0.15, -0.1) is 5.10 Å². The lowest BCUT2D eigenvalue weighted by Gasteiger charge is -2.27. The van der Waals surface area contributed by atoms with Crippen LogP contribution in [-0.2, 0) is 18.9 Å². The minimum absolute atomic E-state index is 0.0314. The smallest absolute Gasteiger partial charge is 0.346 e. The number of anilines is 1. The fraction of sp³-hybridized carbons (Fsp3) is 0.667. The van der Waals surface area contributed by atoms with Gasteiger partial charge >= 0.3 is 11.7 Å². The molecule has 1 saturated heterocycles. The van der Waals surface area contributed by atoms with Gasteiger partial charge in [0.05, 0.1) is 0 Å². The average molecular weight is 282 g/mol. The maximum Gasteiger partial charge on any atom is 0.346 e. The molecule has 0 bridgehead atoms. The maximum absolute atomic E-state index is 12.2. The van der Waals surface area contributed by atoms with E-state index in [9.17, 15) is 19.5 Å². The fourth-order valence-corrected chi connectivity index (χ4v) is 2.48. The summed E-state index contributed by atoms with van der Waals surface area (Å²) in [7, 11) is 2.81. The monoisotopic (exact) mass is 282 g/mol. The largest absolute Gasteiger partial charge is 0.480 e. The molecule has 20 heavy (non-hydrogen) atoms. The molecule has 0 saturated carbocycles. The van der Waals surface area contributed by atoms with Crippen molar-refractivity contribution in [2.75, 3.05) is 11.4 Å². The number of hydrogen-bond acceptors (Lipinski definition) is 5. The second-order valence-corrected chi connectivity index (χ2v) is 4.99. The molecule has 110 valence electrons. The Balaban J connectivity index is 2.55. The van der Waals surface area contributed by atoms with Crippen LogP contribution < -0.4 is 16.1 Å². The fourth-order valence-electron chi connectivity index (χ4n) is 2.48. The standard InChI is InChI=1S/C12H18N4O4/c1-14-10(17)9(13-15(2)12(14)20)16-7-5-3-4-6-8(16)11(18)19/h8H,3-7H2,1-2H3,(H,18,19). The van der Waals surface area contributed by atoms with E-state index in [1.807, 2.05) is 0 Å². The summed E-state index contributed by atoms with van der Waals surface area (Å²) in [5.74, 6) is -0.937. The van der Waals surface area contributed by atoms with Crippen molar-refractivity contribution in [1.29, 1.82) is 0 Å². The first-order valence-electron chi connectivity index (χ1n) is 6.57. The third-order valence-electron chi connectivity index (χ3n) is 3.61. The topological polar surface area (TPSA) is 97.4 Å². The van der Waals surface area contributed by atoms with Gasteiger partial charge < -0.3 is 10.0 Å². The Kier molecular flexibility index (Phi) is 3.91. The molecule has 1 aromatic heterocycles. The summed E-state index contributed by atoms with van der Waals surface area (Å²) in [5.41, 5.74) is -1.08. The first kappa shape index (κ1) is 14.3. The molecule has 1 atom stereocenters. The molecule has 0 aliphatic carbocycles. The SMILES string of the molecule is Cn1nc(N2CCCCCC2C(=O)O)c(=O)n(C)c1=O. The summed E-state index contributed by atoms with van der Waals surface area (Å²) >= 11 is 0. The number of nitrogens with zero attached hydrogens (tertiary/aromatic N) is 4. The summed E-state index contributed by atoms with van der Waals surface area (Å²) in [6.45, 7) is 0.456. The Bertz CT molecular complexity index is 633. The van der Waals surface area contributed by atoms with Gasteiger partial charge in [0.15, 0.2) is 0 Å². The van der Waals surface area contributed by atoms with E-state index in [1.165, 1.54) is 19.0 Å². The number of aryl methyl sites for hydroxylation is 1. The van der Waals surface area contributed by atoms with Crippen LogP contribution in [0.25, 0.3) is 0 Å². The van der Waals surface area contributed by atoms with Crippen LogP contribution >= 0.6 is 0 Å². The van der Waals surface area contributed by atoms with Crippen molar-refractivity contribution in [2.24, 2.45) is 14.1 Å². The molecule has 2 rings (SSSR count). The van der Waals surface area contributed by atoms with Crippen molar-refractivity contribution in [1.82, 2.24) is 14.3 Å². The molecule has 0 amide bonds. The Labute approximate surface area is 115 Å². The van der Waals surface area contributed by atoms with Crippen LogP contribution in [0.3, 0.4) is 0 Å². The molecule has 1 aliphatic rings. The molecule has 1 aromatic rings. The first-order valence-corrected chi connectivity index (χ1v) is 6.57. The van der Waals surface area contributed by atoms with Crippen molar-refractivity contribution in [3.05, 3.63) is 20.8 Å². The van der Waals surface area contributed by atoms with Crippen LogP contribution in [0.1, 0.15) is 25.7 Å². The van der Waals surface area contributed by atoms with Gasteiger partial charge in [-0.05, 0) is 12.8 Å². The number of aliphatic carboxylic acids is 1. The van der Waals surface area contributed by atoms with Crippen LogP contribution in [-0.4, -0.2) is 38.0 Å². The van der Waals surface area contributed by atoms with Gasteiger partial charge in [-0.2, -0.15) is 0 Å². The third-order valence-corrected chi connectivity index (χ3v) is 3.61. The predicted molar refractivity (Wildman–Crippen MR) is 72.0 cm³/mol. The number of carbonyl (C=O) groups is 1. The van der Waals surface area contributed by atoms with Crippen molar-refractivity contribution in [3.63, 3.8) is 0 Å². The summed E-state index contributed by atoms with van der Waals surface area (Å²) < 4.78 is 2.01. The van der Waals surface area contributed by atoms with Crippen LogP contribution in [0.5, 0.6) is 0 Å². The lowest BCUT2D eigenvalue weighted by molar-refractivity contribution is -0.138. The Morgan fingerprint density at radius 2 is 1.95 bits per heavy atom. The van der Waals surface area contributed by atoms with Crippen molar-refractivity contribution >= 4 is 11.8 Å². The van der Waals surface area contributed by atoms with Gasteiger partial charge in [0.25, 0.3) is 5.56 Å². The molecule has 1 aliphatic heterocycles. The van der Waals surface area contributed by atoms with E-state index in [-0.39, 0.29) is 5.82 Å². The zero-order valence-electron chi connectivity index (χ0n) is 11.6. The molecular formula is C12H18N4O4. The highest BCUT2D eigenvalue weighted by molar-refractivity contribution is 5.77. The molecule has 1 N–H and O–H groups in total. The van der Waals surface area contributed by atoms with Crippen molar-refractivity contribution < 1.29 is 9.90 Å². The molecule has 0 aromatic carbocycles. The van der Waals surface area contributed by atoms with E-state index in [1.54, 1.807) is 0 Å². The summed E-state index contributed by atoms with van der Waals surface area (Å²) in [6.07, 6.45) is 3.01. The van der Waals surface area contributed by atoms with E-state index in [0.29, 0.717) is 13.0 Å². The number of carboxylic acids is 1. The molecule has 8 heteroatoms.